The Bertz CT molecular complexity index is 490. The lowest BCUT2D eigenvalue weighted by Gasteiger charge is -2.06. The van der Waals surface area contributed by atoms with Gasteiger partial charge in [-0.05, 0) is 0 Å². The van der Waals surface area contributed by atoms with Crippen LogP contribution in [-0.2, 0) is 16.1 Å². The summed E-state index contributed by atoms with van der Waals surface area (Å²) in [7, 11) is 0. The van der Waals surface area contributed by atoms with E-state index in [4.69, 9.17) is 0 Å². The van der Waals surface area contributed by atoms with Crippen LogP contribution < -0.4 is 0 Å². The monoisotopic (exact) mass is 249 g/mol. The van der Waals surface area contributed by atoms with E-state index in [9.17, 15) is 28.1 Å². The highest BCUT2D eigenvalue weighted by Gasteiger charge is 2.26. The number of carbonyl (C=O) groups excluding carboxylic acids is 1. The maximum absolute atomic E-state index is 13.4. The molecular weight excluding hydrogens is 243 g/mol. The van der Waals surface area contributed by atoms with Gasteiger partial charge in [0.25, 0.3) is 0 Å². The molecule has 0 N–H and O–H groups in total. The second-order valence-electron chi connectivity index (χ2n) is 3.02. The van der Waals surface area contributed by atoms with Crippen molar-refractivity contribution in [3.05, 3.63) is 39.2 Å². The summed E-state index contributed by atoms with van der Waals surface area (Å²) in [6.45, 7) is 0.0646. The molecular formula is C9H6F3NO4. The first-order valence-corrected chi connectivity index (χ1v) is 4.28. The summed E-state index contributed by atoms with van der Waals surface area (Å²) in [5.41, 5.74) is -2.21. The van der Waals surface area contributed by atoms with Crippen molar-refractivity contribution in [1.82, 2.24) is 0 Å². The van der Waals surface area contributed by atoms with Crippen molar-refractivity contribution in [3.63, 3.8) is 0 Å². The minimum absolute atomic E-state index is 0.127. The molecule has 0 fully saturated rings. The third-order valence-corrected chi connectivity index (χ3v) is 1.84. The number of hydrogen-bond acceptors (Lipinski definition) is 4. The van der Waals surface area contributed by atoms with Gasteiger partial charge in [-0.25, -0.2) is 8.78 Å². The van der Waals surface area contributed by atoms with Crippen LogP contribution >= 0.6 is 0 Å². The zero-order valence-corrected chi connectivity index (χ0v) is 8.50. The van der Waals surface area contributed by atoms with E-state index in [1.54, 1.807) is 0 Å². The first-order chi connectivity index (χ1) is 7.84. The number of rotatable bonds is 3. The zero-order chi connectivity index (χ0) is 13.2. The number of hydrogen-bond donors (Lipinski definition) is 0. The van der Waals surface area contributed by atoms with E-state index in [1.807, 2.05) is 0 Å². The van der Waals surface area contributed by atoms with Gasteiger partial charge in [0.1, 0.15) is 6.61 Å². The summed E-state index contributed by atoms with van der Waals surface area (Å²) in [6, 6.07) is 0.127. The van der Waals surface area contributed by atoms with Crippen molar-refractivity contribution in [2.24, 2.45) is 0 Å². The molecule has 0 atom stereocenters. The van der Waals surface area contributed by atoms with Crippen molar-refractivity contribution >= 4 is 11.7 Å². The maximum atomic E-state index is 13.4. The van der Waals surface area contributed by atoms with Gasteiger partial charge >= 0.3 is 11.7 Å². The standard InChI is InChI=1S/C9H6F3NO4/c1-4(14)17-3-5-8(11)6(10)2-7(9(5)12)13(15)16/h2H,3H2,1H3. The predicted octanol–water partition coefficient (Wildman–Crippen LogP) is 2.08. The van der Waals surface area contributed by atoms with Crippen LogP contribution in [0.1, 0.15) is 12.5 Å². The van der Waals surface area contributed by atoms with Gasteiger partial charge in [0.05, 0.1) is 16.6 Å². The second-order valence-corrected chi connectivity index (χ2v) is 3.02. The second kappa shape index (κ2) is 4.81. The lowest BCUT2D eigenvalue weighted by molar-refractivity contribution is -0.387. The van der Waals surface area contributed by atoms with Crippen LogP contribution in [0.15, 0.2) is 6.07 Å². The van der Waals surface area contributed by atoms with Gasteiger partial charge < -0.3 is 4.74 Å². The SMILES string of the molecule is CC(=O)OCc1c(F)c(F)cc([N+](=O)[O-])c1F. The van der Waals surface area contributed by atoms with Crippen LogP contribution in [0.3, 0.4) is 0 Å². The Kier molecular flexibility index (Phi) is 3.66. The Labute approximate surface area is 93.0 Å². The summed E-state index contributed by atoms with van der Waals surface area (Å²) in [5, 5.41) is 10.3. The highest BCUT2D eigenvalue weighted by atomic mass is 19.2. The minimum atomic E-state index is -1.62. The van der Waals surface area contributed by atoms with Crippen molar-refractivity contribution in [3.8, 4) is 0 Å². The summed E-state index contributed by atoms with van der Waals surface area (Å²) in [5.74, 6) is -5.61. The normalized spacial score (nSPS) is 10.1. The molecule has 0 radical (unpaired) electrons. The number of carbonyl (C=O) groups is 1. The van der Waals surface area contributed by atoms with E-state index in [0.29, 0.717) is 0 Å². The number of nitrogens with zero attached hydrogens (tertiary/aromatic N) is 1. The van der Waals surface area contributed by atoms with Crippen LogP contribution in [0.4, 0.5) is 18.9 Å². The molecule has 0 saturated heterocycles. The van der Waals surface area contributed by atoms with E-state index in [1.165, 1.54) is 0 Å². The third kappa shape index (κ3) is 2.71. The van der Waals surface area contributed by atoms with Gasteiger partial charge in [0.2, 0.25) is 5.82 Å². The first-order valence-electron chi connectivity index (χ1n) is 4.28. The van der Waals surface area contributed by atoms with Gasteiger partial charge in [0, 0.05) is 6.92 Å². The van der Waals surface area contributed by atoms with Crippen molar-refractivity contribution in [2.45, 2.75) is 13.5 Å². The quantitative estimate of drug-likeness (QED) is 0.356. The molecule has 0 heterocycles. The summed E-state index contributed by atoms with van der Waals surface area (Å²) in [6.07, 6.45) is 0. The fourth-order valence-electron chi connectivity index (χ4n) is 1.08. The first kappa shape index (κ1) is 12.9. The molecule has 1 aromatic carbocycles. The third-order valence-electron chi connectivity index (χ3n) is 1.84. The highest BCUT2D eigenvalue weighted by molar-refractivity contribution is 5.66. The molecule has 0 aromatic heterocycles. The Balaban J connectivity index is 3.26. The Morgan fingerprint density at radius 3 is 2.47 bits per heavy atom. The smallest absolute Gasteiger partial charge is 0.308 e. The van der Waals surface area contributed by atoms with Crippen LogP contribution in [-0.4, -0.2) is 10.9 Å². The number of nitro groups is 1. The van der Waals surface area contributed by atoms with E-state index >= 15 is 0 Å². The zero-order valence-electron chi connectivity index (χ0n) is 8.50. The summed E-state index contributed by atoms with van der Waals surface area (Å²) < 4.78 is 43.7. The summed E-state index contributed by atoms with van der Waals surface area (Å²) in [4.78, 5) is 19.6. The van der Waals surface area contributed by atoms with Crippen molar-refractivity contribution < 1.29 is 27.6 Å². The van der Waals surface area contributed by atoms with Gasteiger partial charge in [-0.3, -0.25) is 14.9 Å². The molecule has 0 aliphatic carbocycles. The molecule has 5 nitrogen and oxygen atoms in total. The maximum Gasteiger partial charge on any atom is 0.308 e. The van der Waals surface area contributed by atoms with Crippen LogP contribution in [0.5, 0.6) is 0 Å². The molecule has 0 bridgehead atoms. The van der Waals surface area contributed by atoms with Gasteiger partial charge in [-0.2, -0.15) is 4.39 Å². The Morgan fingerprint density at radius 1 is 1.41 bits per heavy atom. The average Bonchev–Trinajstić information content (AvgIpc) is 2.22. The molecule has 0 aliphatic rings. The average molecular weight is 249 g/mol. The predicted molar refractivity (Wildman–Crippen MR) is 48.4 cm³/mol. The van der Waals surface area contributed by atoms with Crippen LogP contribution in [0, 0.1) is 27.6 Å². The number of ether oxygens (including phenoxy) is 1. The molecule has 0 unspecified atom stereocenters. The fraction of sp³-hybridized carbons (Fsp3) is 0.222. The minimum Gasteiger partial charge on any atom is -0.461 e. The van der Waals surface area contributed by atoms with Gasteiger partial charge in [-0.15, -0.1) is 0 Å². The molecule has 17 heavy (non-hydrogen) atoms. The largest absolute Gasteiger partial charge is 0.461 e. The fourth-order valence-corrected chi connectivity index (χ4v) is 1.08. The van der Waals surface area contributed by atoms with Crippen molar-refractivity contribution in [1.29, 1.82) is 0 Å². The van der Waals surface area contributed by atoms with E-state index < -0.39 is 46.2 Å². The van der Waals surface area contributed by atoms with Gasteiger partial charge in [-0.1, -0.05) is 0 Å². The van der Waals surface area contributed by atoms with Crippen molar-refractivity contribution in [2.75, 3.05) is 0 Å². The van der Waals surface area contributed by atoms with Gasteiger partial charge in [0.15, 0.2) is 11.6 Å². The number of esters is 1. The highest BCUT2D eigenvalue weighted by Crippen LogP contribution is 2.26. The van der Waals surface area contributed by atoms with E-state index in [0.717, 1.165) is 6.92 Å². The number of halogens is 3. The Morgan fingerprint density at radius 2 is 2.00 bits per heavy atom. The molecule has 0 amide bonds. The lowest BCUT2D eigenvalue weighted by atomic mass is 10.1. The van der Waals surface area contributed by atoms with E-state index in [2.05, 4.69) is 4.74 Å². The Hall–Kier alpha value is -2.12. The summed E-state index contributed by atoms with van der Waals surface area (Å²) >= 11 is 0. The topological polar surface area (TPSA) is 69.4 Å². The van der Waals surface area contributed by atoms with E-state index in [-0.39, 0.29) is 6.07 Å². The molecule has 0 saturated carbocycles. The molecule has 8 heteroatoms. The number of nitro benzene ring substituents is 1. The molecule has 0 spiro atoms. The molecule has 1 aromatic rings. The molecule has 92 valence electrons. The molecule has 0 aliphatic heterocycles. The lowest BCUT2D eigenvalue weighted by Crippen LogP contribution is -2.07. The number of benzene rings is 1. The molecule has 1 rings (SSSR count). The van der Waals surface area contributed by atoms with Crippen LogP contribution in [0.25, 0.3) is 0 Å². The van der Waals surface area contributed by atoms with Crippen LogP contribution in [0.2, 0.25) is 0 Å².